The number of amides is 3. The summed E-state index contributed by atoms with van der Waals surface area (Å²) in [5.74, 6) is -3.53. The van der Waals surface area contributed by atoms with E-state index in [0.29, 0.717) is 17.8 Å². The lowest BCUT2D eigenvalue weighted by Crippen LogP contribution is -2.56. The quantitative estimate of drug-likeness (QED) is 0.359. The minimum absolute atomic E-state index is 0.0997. The number of benzene rings is 1. The molecule has 1 heterocycles. The van der Waals surface area contributed by atoms with Crippen molar-refractivity contribution in [2.45, 2.75) is 39.7 Å². The fourth-order valence-corrected chi connectivity index (χ4v) is 3.95. The lowest BCUT2D eigenvalue weighted by Gasteiger charge is -2.28. The number of ether oxygens (including phenoxy) is 1. The Morgan fingerprint density at radius 2 is 1.62 bits per heavy atom. The summed E-state index contributed by atoms with van der Waals surface area (Å²) in [4.78, 5) is 55.0. The first-order valence-corrected chi connectivity index (χ1v) is 10.9. The van der Waals surface area contributed by atoms with Gasteiger partial charge in [-0.1, -0.05) is 32.1 Å². The zero-order valence-corrected chi connectivity index (χ0v) is 19.5. The molecule has 32 heavy (non-hydrogen) atoms. The molecule has 0 bridgehead atoms. The van der Waals surface area contributed by atoms with Crippen LogP contribution in [-0.2, 0) is 23.9 Å². The maximum Gasteiger partial charge on any atom is 0.310 e. The Morgan fingerprint density at radius 3 is 2.06 bits per heavy atom. The van der Waals surface area contributed by atoms with Gasteiger partial charge in [0.05, 0.1) is 29.8 Å². The molecule has 8 nitrogen and oxygen atoms in total. The molecule has 0 radical (unpaired) electrons. The number of fused-ring (bicyclic) bond motifs is 1. The highest BCUT2D eigenvalue weighted by atomic mass is 16.5. The zero-order valence-electron chi connectivity index (χ0n) is 19.5. The van der Waals surface area contributed by atoms with E-state index >= 15 is 0 Å². The average Bonchev–Trinajstić information content (AvgIpc) is 2.82. The van der Waals surface area contributed by atoms with Crippen molar-refractivity contribution in [2.75, 3.05) is 30.5 Å². The lowest BCUT2D eigenvalue weighted by molar-refractivity contribution is -0.153. The maximum absolute atomic E-state index is 13.4. The van der Waals surface area contributed by atoms with Gasteiger partial charge >= 0.3 is 5.97 Å². The van der Waals surface area contributed by atoms with Gasteiger partial charge in [-0.3, -0.25) is 19.2 Å². The summed E-state index contributed by atoms with van der Waals surface area (Å²) in [5.41, 5.74) is 1.14. The summed E-state index contributed by atoms with van der Waals surface area (Å²) >= 11 is 0. The predicted molar refractivity (Wildman–Crippen MR) is 123 cm³/mol. The van der Waals surface area contributed by atoms with Gasteiger partial charge in [0.1, 0.15) is 0 Å². The first kappa shape index (κ1) is 25.1. The third-order valence-electron chi connectivity index (χ3n) is 5.60. The van der Waals surface area contributed by atoms with E-state index in [9.17, 15) is 19.2 Å². The molecule has 1 aromatic rings. The molecule has 2 atom stereocenters. The molecule has 2 rings (SSSR count). The Labute approximate surface area is 189 Å². The average molecular weight is 444 g/mol. The van der Waals surface area contributed by atoms with Crippen LogP contribution in [0.3, 0.4) is 0 Å². The largest absolute Gasteiger partial charge is 0.466 e. The van der Waals surface area contributed by atoms with Crippen LogP contribution in [0, 0.1) is 17.8 Å². The van der Waals surface area contributed by atoms with Crippen molar-refractivity contribution < 1.29 is 23.9 Å². The summed E-state index contributed by atoms with van der Waals surface area (Å²) in [6.45, 7) is 9.47. The van der Waals surface area contributed by atoms with E-state index in [-0.39, 0.29) is 18.9 Å². The molecule has 0 fully saturated rings. The topological polar surface area (TPSA) is 96.0 Å². The molecule has 0 unspecified atom stereocenters. The number of hydrogen-bond donors (Lipinski definition) is 1. The second-order valence-corrected chi connectivity index (χ2v) is 8.34. The molecule has 1 aliphatic heterocycles. The molecule has 0 aliphatic carbocycles. The number of carbonyl (C=O) groups is 4. The standard InChI is InChI=1S/C24H33N3O5/c1-7-11-16(24(31)32-8-2)17(14-15(3)4)21(28)25-20-22(29)26(5)18-12-9-10-13-19(18)27(6)23(20)30/h7,9-10,12-13,15-17,20H,1,8,11,14H2,2-6H3,(H,25,28)/t16-,17+/m0/s1. The van der Waals surface area contributed by atoms with Crippen molar-refractivity contribution in [3.8, 4) is 0 Å². The van der Waals surface area contributed by atoms with E-state index < -0.39 is 41.6 Å². The van der Waals surface area contributed by atoms with Crippen molar-refractivity contribution >= 4 is 35.1 Å². The number of nitrogens with one attached hydrogen (secondary N) is 1. The molecule has 3 amide bonds. The fraction of sp³-hybridized carbons (Fsp3) is 0.500. The Bertz CT molecular complexity index is 841. The number of carbonyl (C=O) groups excluding carboxylic acids is 4. The number of esters is 1. The minimum atomic E-state index is -1.40. The molecule has 0 aromatic heterocycles. The van der Waals surface area contributed by atoms with Crippen molar-refractivity contribution in [3.05, 3.63) is 36.9 Å². The molecular formula is C24H33N3O5. The summed E-state index contributed by atoms with van der Waals surface area (Å²) in [5, 5.41) is 2.63. The summed E-state index contributed by atoms with van der Waals surface area (Å²) in [6, 6.07) is 5.63. The molecule has 0 saturated heterocycles. The number of likely N-dealkylation sites (N-methyl/N-ethyl adjacent to an activating group) is 2. The summed E-state index contributed by atoms with van der Waals surface area (Å²) in [7, 11) is 3.13. The lowest BCUT2D eigenvalue weighted by atomic mass is 9.82. The van der Waals surface area contributed by atoms with E-state index in [0.717, 1.165) is 0 Å². The van der Waals surface area contributed by atoms with E-state index in [4.69, 9.17) is 4.74 Å². The van der Waals surface area contributed by atoms with Gasteiger partial charge in [-0.2, -0.15) is 0 Å². The van der Waals surface area contributed by atoms with Crippen LogP contribution >= 0.6 is 0 Å². The SMILES string of the molecule is C=CC[C@H](C(=O)OCC)[C@@H](CC(C)C)C(=O)NC1C(=O)N(C)c2ccccc2N(C)C1=O. The number of nitrogens with zero attached hydrogens (tertiary/aromatic N) is 2. The Balaban J connectivity index is 2.37. The van der Waals surface area contributed by atoms with Crippen molar-refractivity contribution in [2.24, 2.45) is 17.8 Å². The van der Waals surface area contributed by atoms with Gasteiger partial charge in [-0.25, -0.2) is 0 Å². The number of allylic oxidation sites excluding steroid dienone is 1. The van der Waals surface area contributed by atoms with Gasteiger partial charge in [-0.05, 0) is 37.8 Å². The molecule has 8 heteroatoms. The Morgan fingerprint density at radius 1 is 1.09 bits per heavy atom. The van der Waals surface area contributed by atoms with Gasteiger partial charge in [0, 0.05) is 14.1 Å². The van der Waals surface area contributed by atoms with Crippen molar-refractivity contribution in [1.29, 1.82) is 0 Å². The highest BCUT2D eigenvalue weighted by molar-refractivity contribution is 6.21. The van der Waals surface area contributed by atoms with Gasteiger partial charge in [0.25, 0.3) is 11.8 Å². The summed E-state index contributed by atoms with van der Waals surface area (Å²) < 4.78 is 5.18. The highest BCUT2D eigenvalue weighted by Crippen LogP contribution is 2.32. The van der Waals surface area contributed by atoms with Crippen LogP contribution in [0.2, 0.25) is 0 Å². The van der Waals surface area contributed by atoms with E-state index in [2.05, 4.69) is 11.9 Å². The van der Waals surface area contributed by atoms with E-state index in [1.165, 1.54) is 9.80 Å². The Hall–Kier alpha value is -3.16. The van der Waals surface area contributed by atoms with Gasteiger partial charge in [-0.15, -0.1) is 6.58 Å². The molecule has 1 aliphatic rings. The van der Waals surface area contributed by atoms with Crippen molar-refractivity contribution in [3.63, 3.8) is 0 Å². The van der Waals surface area contributed by atoms with Crippen LogP contribution in [0.15, 0.2) is 36.9 Å². The van der Waals surface area contributed by atoms with Gasteiger partial charge in [0.15, 0.2) is 6.04 Å². The second kappa shape index (κ2) is 10.9. The smallest absolute Gasteiger partial charge is 0.310 e. The van der Waals surface area contributed by atoms with E-state index in [1.807, 2.05) is 13.8 Å². The number of anilines is 2. The molecule has 1 aromatic carbocycles. The number of rotatable bonds is 9. The van der Waals surface area contributed by atoms with Crippen LogP contribution < -0.4 is 15.1 Å². The molecule has 1 N–H and O–H groups in total. The second-order valence-electron chi connectivity index (χ2n) is 8.34. The number of para-hydroxylation sites is 2. The first-order valence-electron chi connectivity index (χ1n) is 10.9. The van der Waals surface area contributed by atoms with Crippen LogP contribution in [0.25, 0.3) is 0 Å². The molecular weight excluding hydrogens is 410 g/mol. The van der Waals surface area contributed by atoms with Gasteiger partial charge < -0.3 is 19.9 Å². The Kier molecular flexibility index (Phi) is 8.57. The van der Waals surface area contributed by atoms with Crippen LogP contribution in [-0.4, -0.2) is 50.4 Å². The third kappa shape index (κ3) is 5.36. The monoisotopic (exact) mass is 443 g/mol. The molecule has 174 valence electrons. The van der Waals surface area contributed by atoms with Crippen LogP contribution in [0.1, 0.15) is 33.6 Å². The fourth-order valence-electron chi connectivity index (χ4n) is 3.95. The molecule has 0 saturated carbocycles. The zero-order chi connectivity index (χ0) is 24.0. The van der Waals surface area contributed by atoms with E-state index in [1.54, 1.807) is 51.4 Å². The molecule has 0 spiro atoms. The highest BCUT2D eigenvalue weighted by Gasteiger charge is 2.41. The first-order chi connectivity index (χ1) is 15.1. The predicted octanol–water partition coefficient (Wildman–Crippen LogP) is 2.53. The van der Waals surface area contributed by atoms with Crippen LogP contribution in [0.4, 0.5) is 11.4 Å². The third-order valence-corrected chi connectivity index (χ3v) is 5.60. The minimum Gasteiger partial charge on any atom is -0.466 e. The maximum atomic E-state index is 13.4. The van der Waals surface area contributed by atoms with Gasteiger partial charge in [0.2, 0.25) is 5.91 Å². The number of hydrogen-bond acceptors (Lipinski definition) is 5. The van der Waals surface area contributed by atoms with Crippen LogP contribution in [0.5, 0.6) is 0 Å². The normalized spacial score (nSPS) is 16.3. The van der Waals surface area contributed by atoms with Crippen molar-refractivity contribution in [1.82, 2.24) is 5.32 Å². The summed E-state index contributed by atoms with van der Waals surface area (Å²) in [6.07, 6.45) is 2.22.